The summed E-state index contributed by atoms with van der Waals surface area (Å²) in [6.45, 7) is -0.103. The van der Waals surface area contributed by atoms with Crippen molar-refractivity contribution in [1.82, 2.24) is 10.2 Å². The Morgan fingerprint density at radius 2 is 2.05 bits per heavy atom. The molecule has 1 aliphatic rings. The summed E-state index contributed by atoms with van der Waals surface area (Å²) in [7, 11) is -1.74. The minimum Gasteiger partial charge on any atom is -0.344 e. The Hall–Kier alpha value is -1.96. The lowest BCUT2D eigenvalue weighted by atomic mass is 10.2. The summed E-state index contributed by atoms with van der Waals surface area (Å²) in [5.74, 6) is -2.28. The fourth-order valence-corrected chi connectivity index (χ4v) is 4.07. The third-order valence-electron chi connectivity index (χ3n) is 3.67. The van der Waals surface area contributed by atoms with Crippen LogP contribution in [0.2, 0.25) is 0 Å². The molecule has 0 radical (unpaired) electrons. The molecular weight excluding hydrogens is 311 g/mol. The molecule has 22 heavy (non-hydrogen) atoms. The highest BCUT2D eigenvalue weighted by Gasteiger charge is 2.34. The molecule has 1 saturated heterocycles. The van der Waals surface area contributed by atoms with Crippen molar-refractivity contribution in [2.24, 2.45) is 0 Å². The third kappa shape index (κ3) is 3.82. The van der Waals surface area contributed by atoms with Crippen LogP contribution in [-0.2, 0) is 26.0 Å². The van der Waals surface area contributed by atoms with Crippen LogP contribution in [0.15, 0.2) is 24.3 Å². The van der Waals surface area contributed by atoms with Gasteiger partial charge in [-0.05, 0) is 12.5 Å². The summed E-state index contributed by atoms with van der Waals surface area (Å²) >= 11 is 0. The SMILES string of the molecule is CN(C(=O)C(=O)NCc1ccccc1F)C1CCS(=O)(=O)C1. The standard InChI is InChI=1S/C14H17FN2O4S/c1-17(11-6-7-22(20,21)9-11)14(19)13(18)16-8-10-4-2-3-5-12(10)15/h2-5,11H,6-9H2,1H3,(H,16,18). The molecule has 8 heteroatoms. The Bertz CT molecular complexity index is 690. The number of hydrogen-bond acceptors (Lipinski definition) is 4. The molecule has 0 saturated carbocycles. The zero-order valence-electron chi connectivity index (χ0n) is 12.1. The van der Waals surface area contributed by atoms with E-state index in [2.05, 4.69) is 5.32 Å². The molecule has 1 heterocycles. The predicted octanol–water partition coefficient (Wildman–Crippen LogP) is 0.0874. The van der Waals surface area contributed by atoms with E-state index in [1.54, 1.807) is 6.07 Å². The van der Waals surface area contributed by atoms with Gasteiger partial charge < -0.3 is 10.2 Å². The summed E-state index contributed by atoms with van der Waals surface area (Å²) in [5.41, 5.74) is 0.273. The zero-order valence-corrected chi connectivity index (χ0v) is 12.9. The molecule has 2 amide bonds. The smallest absolute Gasteiger partial charge is 0.311 e. The van der Waals surface area contributed by atoms with E-state index in [0.717, 1.165) is 4.90 Å². The van der Waals surface area contributed by atoms with Gasteiger partial charge >= 0.3 is 11.8 Å². The number of rotatable bonds is 3. The summed E-state index contributed by atoms with van der Waals surface area (Å²) in [6.07, 6.45) is 0.325. The van der Waals surface area contributed by atoms with Crippen LogP contribution in [0.4, 0.5) is 4.39 Å². The van der Waals surface area contributed by atoms with E-state index < -0.39 is 33.5 Å². The highest BCUT2D eigenvalue weighted by molar-refractivity contribution is 7.91. The lowest BCUT2D eigenvalue weighted by molar-refractivity contribution is -0.146. The number of likely N-dealkylation sites (N-methyl/N-ethyl adjacent to an activating group) is 1. The van der Waals surface area contributed by atoms with Gasteiger partial charge in [-0.2, -0.15) is 0 Å². The number of hydrogen-bond donors (Lipinski definition) is 1. The second kappa shape index (κ2) is 6.43. The van der Waals surface area contributed by atoms with Crippen LogP contribution in [0.5, 0.6) is 0 Å². The molecule has 0 aliphatic carbocycles. The van der Waals surface area contributed by atoms with E-state index in [4.69, 9.17) is 0 Å². The summed E-state index contributed by atoms with van der Waals surface area (Å²) in [5, 5.41) is 2.35. The van der Waals surface area contributed by atoms with E-state index in [0.29, 0.717) is 6.42 Å². The quantitative estimate of drug-likeness (QED) is 0.797. The highest BCUT2D eigenvalue weighted by Crippen LogP contribution is 2.16. The molecule has 6 nitrogen and oxygen atoms in total. The zero-order chi connectivity index (χ0) is 16.3. The molecule has 0 spiro atoms. The molecular formula is C14H17FN2O4S. The molecule has 120 valence electrons. The van der Waals surface area contributed by atoms with Gasteiger partial charge in [0.1, 0.15) is 5.82 Å². The number of nitrogens with zero attached hydrogens (tertiary/aromatic N) is 1. The van der Waals surface area contributed by atoms with Crippen LogP contribution in [0.3, 0.4) is 0 Å². The third-order valence-corrected chi connectivity index (χ3v) is 5.42. The summed E-state index contributed by atoms with van der Waals surface area (Å²) < 4.78 is 36.2. The predicted molar refractivity (Wildman–Crippen MR) is 78.1 cm³/mol. The van der Waals surface area contributed by atoms with Crippen LogP contribution in [0.1, 0.15) is 12.0 Å². The van der Waals surface area contributed by atoms with E-state index in [1.807, 2.05) is 0 Å². The highest BCUT2D eigenvalue weighted by atomic mass is 32.2. The van der Waals surface area contributed by atoms with Gasteiger partial charge in [-0.1, -0.05) is 18.2 Å². The number of benzene rings is 1. The van der Waals surface area contributed by atoms with Crippen LogP contribution in [-0.4, -0.2) is 49.7 Å². The van der Waals surface area contributed by atoms with E-state index in [-0.39, 0.29) is 23.6 Å². The van der Waals surface area contributed by atoms with E-state index in [9.17, 15) is 22.4 Å². The topological polar surface area (TPSA) is 83.6 Å². The van der Waals surface area contributed by atoms with Gasteiger partial charge in [0.2, 0.25) is 0 Å². The first-order valence-corrected chi connectivity index (χ1v) is 8.61. The average Bonchev–Trinajstić information content (AvgIpc) is 2.84. The van der Waals surface area contributed by atoms with Crippen molar-refractivity contribution in [2.75, 3.05) is 18.6 Å². The number of sulfone groups is 1. The normalized spacial score (nSPS) is 19.6. The summed E-state index contributed by atoms with van der Waals surface area (Å²) in [4.78, 5) is 24.9. The van der Waals surface area contributed by atoms with Gasteiger partial charge in [0.25, 0.3) is 0 Å². The first-order chi connectivity index (χ1) is 10.3. The van der Waals surface area contributed by atoms with E-state index in [1.165, 1.54) is 25.2 Å². The molecule has 2 rings (SSSR count). The number of halogens is 1. The van der Waals surface area contributed by atoms with Gasteiger partial charge in [-0.25, -0.2) is 12.8 Å². The molecule has 1 unspecified atom stereocenters. The number of amides is 2. The Balaban J connectivity index is 1.92. The monoisotopic (exact) mass is 328 g/mol. The Labute approximate surface area is 128 Å². The van der Waals surface area contributed by atoms with Crippen LogP contribution in [0, 0.1) is 5.82 Å². The molecule has 1 fully saturated rings. The van der Waals surface area contributed by atoms with Crippen molar-refractivity contribution in [3.8, 4) is 0 Å². The first kappa shape index (κ1) is 16.4. The van der Waals surface area contributed by atoms with Crippen molar-refractivity contribution in [3.05, 3.63) is 35.6 Å². The molecule has 1 atom stereocenters. The van der Waals surface area contributed by atoms with E-state index >= 15 is 0 Å². The Morgan fingerprint density at radius 1 is 1.36 bits per heavy atom. The first-order valence-electron chi connectivity index (χ1n) is 6.79. The largest absolute Gasteiger partial charge is 0.344 e. The fourth-order valence-electron chi connectivity index (χ4n) is 2.30. The molecule has 1 aromatic carbocycles. The minimum absolute atomic E-state index is 0.0200. The fraction of sp³-hybridized carbons (Fsp3) is 0.429. The molecule has 1 aliphatic heterocycles. The molecule has 0 bridgehead atoms. The second-order valence-corrected chi connectivity index (χ2v) is 7.48. The molecule has 0 aromatic heterocycles. The van der Waals surface area contributed by atoms with Crippen LogP contribution in [0.25, 0.3) is 0 Å². The van der Waals surface area contributed by atoms with Gasteiger partial charge in [-0.15, -0.1) is 0 Å². The lowest BCUT2D eigenvalue weighted by Crippen LogP contribution is -2.46. The maximum Gasteiger partial charge on any atom is 0.311 e. The number of carbonyl (C=O) groups excluding carboxylic acids is 2. The lowest BCUT2D eigenvalue weighted by Gasteiger charge is -2.22. The maximum absolute atomic E-state index is 13.4. The van der Waals surface area contributed by atoms with Crippen molar-refractivity contribution in [1.29, 1.82) is 0 Å². The van der Waals surface area contributed by atoms with Crippen molar-refractivity contribution in [2.45, 2.75) is 19.0 Å². The Morgan fingerprint density at radius 3 is 2.64 bits per heavy atom. The minimum atomic E-state index is -3.14. The van der Waals surface area contributed by atoms with Crippen LogP contribution >= 0.6 is 0 Å². The van der Waals surface area contributed by atoms with Gasteiger partial charge in [0.05, 0.1) is 11.5 Å². The summed E-state index contributed by atoms with van der Waals surface area (Å²) in [6, 6.07) is 5.44. The van der Waals surface area contributed by atoms with Gasteiger partial charge in [-0.3, -0.25) is 9.59 Å². The van der Waals surface area contributed by atoms with Crippen molar-refractivity contribution < 1.29 is 22.4 Å². The molecule has 1 aromatic rings. The molecule has 1 N–H and O–H groups in total. The number of carbonyl (C=O) groups is 2. The van der Waals surface area contributed by atoms with Gasteiger partial charge in [0.15, 0.2) is 9.84 Å². The maximum atomic E-state index is 13.4. The van der Waals surface area contributed by atoms with Crippen molar-refractivity contribution >= 4 is 21.7 Å². The van der Waals surface area contributed by atoms with Gasteiger partial charge in [0, 0.05) is 25.2 Å². The average molecular weight is 328 g/mol. The van der Waals surface area contributed by atoms with Crippen molar-refractivity contribution in [3.63, 3.8) is 0 Å². The number of nitrogens with one attached hydrogen (secondary N) is 1. The van der Waals surface area contributed by atoms with Crippen LogP contribution < -0.4 is 5.32 Å². The second-order valence-electron chi connectivity index (χ2n) is 5.25. The Kier molecular flexibility index (Phi) is 4.80.